The molecule has 1 fully saturated rings. The third-order valence-electron chi connectivity index (χ3n) is 6.10. The number of benzene rings is 2. The molecule has 0 saturated carbocycles. The summed E-state index contributed by atoms with van der Waals surface area (Å²) in [4.78, 5) is 14.0. The molecule has 3 heteroatoms. The van der Waals surface area contributed by atoms with Crippen molar-refractivity contribution in [3.8, 4) is 0 Å². The van der Waals surface area contributed by atoms with Crippen LogP contribution in [0.2, 0.25) is 0 Å². The molecule has 146 valence electrons. The predicted octanol–water partition coefficient (Wildman–Crippen LogP) is 5.03. The summed E-state index contributed by atoms with van der Waals surface area (Å²) in [6, 6.07) is 19.7. The number of carbonyl (C=O) groups excluding carboxylic acids is 1. The number of likely N-dealkylation sites (tertiary alicyclic amines) is 1. The Labute approximate surface area is 168 Å². The maximum Gasteiger partial charge on any atom is 0.305 e. The maximum absolute atomic E-state index is 11.4. The van der Waals surface area contributed by atoms with Gasteiger partial charge in [-0.2, -0.15) is 0 Å². The average Bonchev–Trinajstić information content (AvgIpc) is 2.73. The molecule has 2 aliphatic rings. The summed E-state index contributed by atoms with van der Waals surface area (Å²) in [5, 5.41) is 0. The van der Waals surface area contributed by atoms with Crippen molar-refractivity contribution in [1.82, 2.24) is 4.90 Å². The highest BCUT2D eigenvalue weighted by molar-refractivity contribution is 5.73. The molecule has 1 heterocycles. The van der Waals surface area contributed by atoms with Crippen molar-refractivity contribution >= 4 is 11.5 Å². The molecule has 0 N–H and O–H groups in total. The third-order valence-corrected chi connectivity index (χ3v) is 6.10. The first kappa shape index (κ1) is 18.9. The number of hydrogen-bond donors (Lipinski definition) is 0. The minimum absolute atomic E-state index is 0.116. The zero-order valence-electron chi connectivity index (χ0n) is 16.6. The fourth-order valence-corrected chi connectivity index (χ4v) is 4.83. The monoisotopic (exact) mass is 375 g/mol. The number of ether oxygens (including phenoxy) is 1. The Morgan fingerprint density at radius 1 is 1.07 bits per heavy atom. The van der Waals surface area contributed by atoms with Crippen molar-refractivity contribution in [3.05, 3.63) is 77.4 Å². The summed E-state index contributed by atoms with van der Waals surface area (Å²) in [7, 11) is 1.46. The summed E-state index contributed by atoms with van der Waals surface area (Å²) in [6.45, 7) is 3.27. The second-order valence-electron chi connectivity index (χ2n) is 8.02. The zero-order chi connectivity index (χ0) is 19.3. The summed E-state index contributed by atoms with van der Waals surface area (Å²) in [5.41, 5.74) is 5.80. The van der Waals surface area contributed by atoms with Crippen molar-refractivity contribution in [3.63, 3.8) is 0 Å². The van der Waals surface area contributed by atoms with Crippen LogP contribution >= 0.6 is 0 Å². The summed E-state index contributed by atoms with van der Waals surface area (Å²) in [5.74, 6) is 1.08. The first-order valence-corrected chi connectivity index (χ1v) is 10.4. The largest absolute Gasteiger partial charge is 0.469 e. The van der Waals surface area contributed by atoms with Crippen LogP contribution in [0.3, 0.4) is 0 Å². The van der Waals surface area contributed by atoms with Crippen LogP contribution in [0.25, 0.3) is 5.57 Å². The number of unbranched alkanes of at least 4 members (excludes halogenated alkanes) is 1. The smallest absolute Gasteiger partial charge is 0.305 e. The van der Waals surface area contributed by atoms with Gasteiger partial charge in [0.1, 0.15) is 0 Å². The molecule has 4 rings (SSSR count). The molecule has 0 aromatic heterocycles. The Bertz CT molecular complexity index is 843. The fraction of sp³-hybridized carbons (Fsp3) is 0.400. The second-order valence-corrected chi connectivity index (χ2v) is 8.02. The molecule has 28 heavy (non-hydrogen) atoms. The molecule has 0 unspecified atom stereocenters. The minimum atomic E-state index is -0.116. The number of piperidine rings is 1. The topological polar surface area (TPSA) is 29.5 Å². The van der Waals surface area contributed by atoms with Gasteiger partial charge in [-0.1, -0.05) is 60.7 Å². The van der Waals surface area contributed by atoms with Gasteiger partial charge < -0.3 is 4.74 Å². The lowest BCUT2D eigenvalue weighted by atomic mass is 9.70. The Kier molecular flexibility index (Phi) is 5.92. The third kappa shape index (κ3) is 4.20. The average molecular weight is 376 g/mol. The van der Waals surface area contributed by atoms with Gasteiger partial charge in [-0.25, -0.2) is 0 Å². The van der Waals surface area contributed by atoms with E-state index in [0.717, 1.165) is 32.5 Å². The van der Waals surface area contributed by atoms with Crippen LogP contribution in [-0.2, 0) is 16.1 Å². The van der Waals surface area contributed by atoms with E-state index in [1.54, 1.807) is 0 Å². The van der Waals surface area contributed by atoms with E-state index in [9.17, 15) is 4.79 Å². The first-order valence-electron chi connectivity index (χ1n) is 10.4. The van der Waals surface area contributed by atoms with Crippen molar-refractivity contribution in [1.29, 1.82) is 0 Å². The van der Waals surface area contributed by atoms with Crippen LogP contribution in [0.1, 0.15) is 48.3 Å². The number of carbonyl (C=O) groups is 1. The number of methoxy groups -OCH3 is 1. The summed E-state index contributed by atoms with van der Waals surface area (Å²) < 4.78 is 4.77. The lowest BCUT2D eigenvalue weighted by molar-refractivity contribution is -0.140. The lowest BCUT2D eigenvalue weighted by Crippen LogP contribution is -2.42. The van der Waals surface area contributed by atoms with Crippen LogP contribution in [0.4, 0.5) is 0 Å². The summed E-state index contributed by atoms with van der Waals surface area (Å²) >= 11 is 0. The SMILES string of the molecule is COC(=O)CCC/C=C1\c2ccccc2[C@H]2C[C@H]1CN(Cc1ccccc1)C2. The van der Waals surface area contributed by atoms with E-state index in [2.05, 4.69) is 65.6 Å². The molecule has 2 atom stereocenters. The molecular formula is C25H29NO2. The van der Waals surface area contributed by atoms with Crippen LogP contribution in [-0.4, -0.2) is 31.1 Å². The molecule has 1 aliphatic carbocycles. The second kappa shape index (κ2) is 8.74. The fourth-order valence-electron chi connectivity index (χ4n) is 4.83. The molecule has 3 nitrogen and oxygen atoms in total. The van der Waals surface area contributed by atoms with Gasteiger partial charge in [0.2, 0.25) is 0 Å². The molecule has 2 bridgehead atoms. The number of rotatable bonds is 6. The van der Waals surface area contributed by atoms with Gasteiger partial charge in [0.25, 0.3) is 0 Å². The Hall–Kier alpha value is -2.39. The van der Waals surface area contributed by atoms with Crippen LogP contribution in [0.15, 0.2) is 60.7 Å². The van der Waals surface area contributed by atoms with Crippen molar-refractivity contribution < 1.29 is 9.53 Å². The molecule has 1 saturated heterocycles. The van der Waals surface area contributed by atoms with E-state index < -0.39 is 0 Å². The number of hydrogen-bond acceptors (Lipinski definition) is 3. The number of fused-ring (bicyclic) bond motifs is 4. The highest BCUT2D eigenvalue weighted by Crippen LogP contribution is 2.46. The molecule has 0 amide bonds. The molecular weight excluding hydrogens is 346 g/mol. The van der Waals surface area contributed by atoms with Crippen LogP contribution < -0.4 is 0 Å². The Morgan fingerprint density at radius 2 is 1.82 bits per heavy atom. The molecule has 1 aliphatic heterocycles. The van der Waals surface area contributed by atoms with E-state index in [1.165, 1.54) is 35.8 Å². The standard InChI is InChI=1S/C25H29NO2/c1-28-25(27)14-8-7-12-23-21-15-20(22-11-5-6-13-24(22)23)17-26(18-21)16-19-9-3-2-4-10-19/h2-6,9-13,20-21H,7-8,14-18H2,1H3/b23-12-/t20-,21-/m0/s1. The maximum atomic E-state index is 11.4. The highest BCUT2D eigenvalue weighted by atomic mass is 16.5. The quantitative estimate of drug-likeness (QED) is 0.524. The Morgan fingerprint density at radius 3 is 2.64 bits per heavy atom. The number of nitrogens with zero attached hydrogens (tertiary/aromatic N) is 1. The molecule has 2 aromatic rings. The normalized spacial score (nSPS) is 22.7. The van der Waals surface area contributed by atoms with E-state index >= 15 is 0 Å². The summed E-state index contributed by atoms with van der Waals surface area (Å²) in [6.07, 6.45) is 5.90. The van der Waals surface area contributed by atoms with E-state index in [-0.39, 0.29) is 5.97 Å². The minimum Gasteiger partial charge on any atom is -0.469 e. The Balaban J connectivity index is 1.53. The van der Waals surface area contributed by atoms with E-state index in [0.29, 0.717) is 18.3 Å². The van der Waals surface area contributed by atoms with Gasteiger partial charge in [-0.3, -0.25) is 9.69 Å². The molecule has 0 radical (unpaired) electrons. The van der Waals surface area contributed by atoms with E-state index in [1.807, 2.05) is 0 Å². The first-order chi connectivity index (χ1) is 13.7. The van der Waals surface area contributed by atoms with Gasteiger partial charge in [-0.15, -0.1) is 0 Å². The number of esters is 1. The lowest BCUT2D eigenvalue weighted by Gasteiger charge is -2.44. The van der Waals surface area contributed by atoms with Crippen molar-refractivity contribution in [2.24, 2.45) is 5.92 Å². The van der Waals surface area contributed by atoms with Crippen LogP contribution in [0.5, 0.6) is 0 Å². The van der Waals surface area contributed by atoms with E-state index in [4.69, 9.17) is 4.74 Å². The van der Waals surface area contributed by atoms with Gasteiger partial charge >= 0.3 is 5.97 Å². The molecule has 0 spiro atoms. The highest BCUT2D eigenvalue weighted by Gasteiger charge is 2.36. The van der Waals surface area contributed by atoms with Gasteiger partial charge in [-0.05, 0) is 53.4 Å². The molecule has 2 aromatic carbocycles. The van der Waals surface area contributed by atoms with Crippen LogP contribution in [0, 0.1) is 5.92 Å². The number of allylic oxidation sites excluding steroid dienone is 1. The predicted molar refractivity (Wildman–Crippen MR) is 113 cm³/mol. The van der Waals surface area contributed by atoms with Crippen molar-refractivity contribution in [2.45, 2.75) is 38.1 Å². The zero-order valence-corrected chi connectivity index (χ0v) is 16.6. The van der Waals surface area contributed by atoms with Crippen molar-refractivity contribution in [2.75, 3.05) is 20.2 Å². The van der Waals surface area contributed by atoms with Gasteiger partial charge in [0.05, 0.1) is 7.11 Å². The van der Waals surface area contributed by atoms with Gasteiger partial charge in [0, 0.05) is 26.1 Å². The van der Waals surface area contributed by atoms with Gasteiger partial charge in [0.15, 0.2) is 0 Å².